The maximum atomic E-state index is 11.3. The van der Waals surface area contributed by atoms with Gasteiger partial charge in [-0.1, -0.05) is 11.6 Å². The van der Waals surface area contributed by atoms with Crippen LogP contribution in [-0.4, -0.2) is 9.97 Å². The molecule has 0 aliphatic carbocycles. The van der Waals surface area contributed by atoms with E-state index < -0.39 is 0 Å². The lowest BCUT2D eigenvalue weighted by molar-refractivity contribution is 1.17. The van der Waals surface area contributed by atoms with Crippen LogP contribution in [0, 0.1) is 0 Å². The number of hydrogen-bond donors (Lipinski definition) is 2. The molecule has 5 heteroatoms. The first-order valence-electron chi connectivity index (χ1n) is 3.55. The zero-order valence-corrected chi connectivity index (χ0v) is 8.06. The van der Waals surface area contributed by atoms with E-state index in [2.05, 4.69) is 22.6 Å². The summed E-state index contributed by atoms with van der Waals surface area (Å²) in [6.45, 7) is 0. The Morgan fingerprint density at radius 1 is 1.46 bits per heavy atom. The molecular weight excluding hydrogens is 208 g/mol. The summed E-state index contributed by atoms with van der Waals surface area (Å²) >= 11 is 10.0. The Labute approximate surface area is 84.2 Å². The Morgan fingerprint density at radius 2 is 2.23 bits per heavy atom. The van der Waals surface area contributed by atoms with Crippen molar-refractivity contribution in [2.75, 3.05) is 0 Å². The average molecular weight is 213 g/mol. The lowest BCUT2D eigenvalue weighted by atomic mass is 10.2. The molecule has 3 nitrogen and oxygen atoms in total. The molecule has 1 N–H and O–H groups in total. The van der Waals surface area contributed by atoms with Crippen molar-refractivity contribution >= 4 is 35.1 Å². The molecule has 0 radical (unpaired) electrons. The van der Waals surface area contributed by atoms with E-state index in [9.17, 15) is 4.79 Å². The fraction of sp³-hybridized carbons (Fsp3) is 0. The maximum Gasteiger partial charge on any atom is 0.260 e. The molecule has 0 aliphatic heterocycles. The van der Waals surface area contributed by atoms with Crippen molar-refractivity contribution in [3.05, 3.63) is 33.8 Å². The smallest absolute Gasteiger partial charge is 0.260 e. The van der Waals surface area contributed by atoms with Crippen molar-refractivity contribution in [3.63, 3.8) is 0 Å². The fourth-order valence-electron chi connectivity index (χ4n) is 1.11. The van der Waals surface area contributed by atoms with Gasteiger partial charge in [-0.15, -0.1) is 12.6 Å². The summed E-state index contributed by atoms with van der Waals surface area (Å²) in [6, 6.07) is 3.42. The molecule has 1 aromatic heterocycles. The van der Waals surface area contributed by atoms with Crippen LogP contribution >= 0.6 is 24.2 Å². The second-order valence-electron chi connectivity index (χ2n) is 2.52. The Bertz CT molecular complexity index is 523. The summed E-state index contributed by atoms with van der Waals surface area (Å²) in [7, 11) is 0. The van der Waals surface area contributed by atoms with Crippen molar-refractivity contribution in [3.8, 4) is 0 Å². The lowest BCUT2D eigenvalue weighted by Crippen LogP contribution is -2.06. The van der Waals surface area contributed by atoms with Crippen LogP contribution in [0.1, 0.15) is 0 Å². The number of nitrogens with one attached hydrogen (secondary N) is 1. The SMILES string of the molecule is O=c1[nH]cnc2ccc(S)c(Cl)c12. The first-order valence-corrected chi connectivity index (χ1v) is 4.37. The van der Waals surface area contributed by atoms with Gasteiger partial charge >= 0.3 is 0 Å². The molecule has 13 heavy (non-hydrogen) atoms. The minimum atomic E-state index is -0.245. The van der Waals surface area contributed by atoms with Gasteiger partial charge < -0.3 is 4.98 Å². The first-order chi connectivity index (χ1) is 6.20. The zero-order valence-electron chi connectivity index (χ0n) is 6.41. The van der Waals surface area contributed by atoms with Crippen LogP contribution in [0.5, 0.6) is 0 Å². The summed E-state index contributed by atoms with van der Waals surface area (Å²) in [5.74, 6) is 0. The molecule has 1 heterocycles. The van der Waals surface area contributed by atoms with E-state index in [4.69, 9.17) is 11.6 Å². The molecule has 1 aromatic carbocycles. The van der Waals surface area contributed by atoms with Crippen LogP contribution in [0.4, 0.5) is 0 Å². The fourth-order valence-corrected chi connectivity index (χ4v) is 1.54. The number of aromatic amines is 1. The van der Waals surface area contributed by atoms with Crippen LogP contribution in [0.25, 0.3) is 10.9 Å². The van der Waals surface area contributed by atoms with E-state index >= 15 is 0 Å². The number of hydrogen-bond acceptors (Lipinski definition) is 3. The second kappa shape index (κ2) is 3.05. The third kappa shape index (κ3) is 1.32. The highest BCUT2D eigenvalue weighted by Crippen LogP contribution is 2.25. The average Bonchev–Trinajstić information content (AvgIpc) is 2.12. The van der Waals surface area contributed by atoms with E-state index in [1.807, 2.05) is 0 Å². The minimum Gasteiger partial charge on any atom is -0.313 e. The maximum absolute atomic E-state index is 11.3. The molecule has 2 rings (SSSR count). The van der Waals surface area contributed by atoms with Gasteiger partial charge in [0.25, 0.3) is 5.56 Å². The van der Waals surface area contributed by atoms with Crippen LogP contribution in [0.2, 0.25) is 5.02 Å². The Hall–Kier alpha value is -1.000. The van der Waals surface area contributed by atoms with Crippen LogP contribution in [-0.2, 0) is 0 Å². The zero-order chi connectivity index (χ0) is 9.42. The van der Waals surface area contributed by atoms with Crippen LogP contribution in [0.15, 0.2) is 28.2 Å². The first kappa shape index (κ1) is 8.59. The number of benzene rings is 1. The third-order valence-corrected chi connectivity index (χ3v) is 2.62. The largest absolute Gasteiger partial charge is 0.313 e. The number of nitrogens with zero attached hydrogens (tertiary/aromatic N) is 1. The van der Waals surface area contributed by atoms with E-state index in [1.54, 1.807) is 12.1 Å². The van der Waals surface area contributed by atoms with E-state index in [0.29, 0.717) is 20.8 Å². The van der Waals surface area contributed by atoms with Gasteiger partial charge in [0.2, 0.25) is 0 Å². The number of thiol groups is 1. The number of aromatic nitrogens is 2. The van der Waals surface area contributed by atoms with Gasteiger partial charge in [-0.25, -0.2) is 4.98 Å². The predicted molar refractivity (Wildman–Crippen MR) is 54.6 cm³/mol. The van der Waals surface area contributed by atoms with Gasteiger partial charge in [-0.2, -0.15) is 0 Å². The standard InChI is InChI=1S/C8H5ClN2OS/c9-7-5(13)2-1-4-6(7)8(12)11-3-10-4/h1-3,13H,(H,10,11,12). The molecule has 0 bridgehead atoms. The van der Waals surface area contributed by atoms with Crippen molar-refractivity contribution in [2.45, 2.75) is 4.90 Å². The quantitative estimate of drug-likeness (QED) is 0.655. The van der Waals surface area contributed by atoms with E-state index in [-0.39, 0.29) is 5.56 Å². The van der Waals surface area contributed by atoms with Crippen molar-refractivity contribution in [1.29, 1.82) is 0 Å². The Balaban J connectivity index is 3.06. The number of H-pyrrole nitrogens is 1. The van der Waals surface area contributed by atoms with Gasteiger partial charge in [0.15, 0.2) is 0 Å². The molecule has 0 unspecified atom stereocenters. The topological polar surface area (TPSA) is 45.8 Å². The minimum absolute atomic E-state index is 0.245. The van der Waals surface area contributed by atoms with Crippen molar-refractivity contribution in [2.24, 2.45) is 0 Å². The van der Waals surface area contributed by atoms with Gasteiger partial charge in [-0.3, -0.25) is 4.79 Å². The predicted octanol–water partition coefficient (Wildman–Crippen LogP) is 1.87. The third-order valence-electron chi connectivity index (χ3n) is 1.73. The summed E-state index contributed by atoms with van der Waals surface area (Å²) in [5.41, 5.74) is 0.331. The summed E-state index contributed by atoms with van der Waals surface area (Å²) < 4.78 is 0. The van der Waals surface area contributed by atoms with Gasteiger partial charge in [0, 0.05) is 4.90 Å². The molecule has 66 valence electrons. The summed E-state index contributed by atoms with van der Waals surface area (Å²) in [5, 5.41) is 0.729. The number of rotatable bonds is 0. The molecule has 0 fully saturated rings. The molecular formula is C8H5ClN2OS. The molecule has 0 atom stereocenters. The number of halogens is 1. The van der Waals surface area contributed by atoms with Gasteiger partial charge in [-0.05, 0) is 12.1 Å². The summed E-state index contributed by atoms with van der Waals surface area (Å²) in [4.78, 5) is 18.3. The molecule has 0 spiro atoms. The summed E-state index contributed by atoms with van der Waals surface area (Å²) in [6.07, 6.45) is 1.35. The Kier molecular flexibility index (Phi) is 2.01. The number of fused-ring (bicyclic) bond motifs is 1. The van der Waals surface area contributed by atoms with Crippen molar-refractivity contribution < 1.29 is 0 Å². The molecule has 0 aliphatic rings. The van der Waals surface area contributed by atoms with Gasteiger partial charge in [0.1, 0.15) is 0 Å². The van der Waals surface area contributed by atoms with E-state index in [0.717, 1.165) is 0 Å². The monoisotopic (exact) mass is 212 g/mol. The van der Waals surface area contributed by atoms with Crippen LogP contribution in [0.3, 0.4) is 0 Å². The highest BCUT2D eigenvalue weighted by molar-refractivity contribution is 7.80. The Morgan fingerprint density at radius 3 is 3.00 bits per heavy atom. The van der Waals surface area contributed by atoms with Gasteiger partial charge in [0.05, 0.1) is 22.3 Å². The second-order valence-corrected chi connectivity index (χ2v) is 3.38. The van der Waals surface area contributed by atoms with Crippen LogP contribution < -0.4 is 5.56 Å². The highest BCUT2D eigenvalue weighted by atomic mass is 35.5. The normalized spacial score (nSPS) is 10.6. The highest BCUT2D eigenvalue weighted by Gasteiger charge is 2.06. The molecule has 0 amide bonds. The molecule has 2 aromatic rings. The van der Waals surface area contributed by atoms with Crippen molar-refractivity contribution in [1.82, 2.24) is 9.97 Å². The molecule has 0 saturated heterocycles. The lowest BCUT2D eigenvalue weighted by Gasteiger charge is -1.99. The van der Waals surface area contributed by atoms with E-state index in [1.165, 1.54) is 6.33 Å². The molecule has 0 saturated carbocycles.